The molecule has 0 spiro atoms. The summed E-state index contributed by atoms with van der Waals surface area (Å²) < 4.78 is 13.2. The third kappa shape index (κ3) is 3.02. The minimum absolute atomic E-state index is 0.0950. The number of benzene rings is 2. The van der Waals surface area contributed by atoms with E-state index in [9.17, 15) is 9.18 Å². The van der Waals surface area contributed by atoms with E-state index in [0.717, 1.165) is 11.1 Å². The van der Waals surface area contributed by atoms with Gasteiger partial charge in [0.05, 0.1) is 5.02 Å². The van der Waals surface area contributed by atoms with E-state index >= 15 is 0 Å². The first kappa shape index (κ1) is 13.8. The van der Waals surface area contributed by atoms with Crippen LogP contribution in [0.4, 0.5) is 4.39 Å². The van der Waals surface area contributed by atoms with Crippen molar-refractivity contribution in [2.45, 2.75) is 20.3 Å². The Morgan fingerprint density at radius 1 is 1.16 bits per heavy atom. The number of halogens is 2. The number of hydrogen-bond acceptors (Lipinski definition) is 1. The Kier molecular flexibility index (Phi) is 4.01. The van der Waals surface area contributed by atoms with Crippen molar-refractivity contribution in [2.75, 3.05) is 0 Å². The van der Waals surface area contributed by atoms with E-state index < -0.39 is 0 Å². The Morgan fingerprint density at radius 3 is 2.63 bits per heavy atom. The fraction of sp³-hybridized carbons (Fsp3) is 0.188. The summed E-state index contributed by atoms with van der Waals surface area (Å²) in [5, 5.41) is 0.474. The zero-order valence-electron chi connectivity index (χ0n) is 10.8. The topological polar surface area (TPSA) is 17.1 Å². The highest BCUT2D eigenvalue weighted by atomic mass is 35.5. The monoisotopic (exact) mass is 276 g/mol. The molecule has 0 aromatic heterocycles. The van der Waals surface area contributed by atoms with Crippen LogP contribution in [0.1, 0.15) is 27.0 Å². The molecule has 2 aromatic rings. The van der Waals surface area contributed by atoms with Crippen molar-refractivity contribution in [1.29, 1.82) is 0 Å². The third-order valence-electron chi connectivity index (χ3n) is 3.15. The standard InChI is InChI=1S/C16H14ClFO/c1-10-6-7-13(18)8-12(10)9-15(19)14-5-3-4-11(2)16(14)17/h3-8H,9H2,1-2H3. The largest absolute Gasteiger partial charge is 0.294 e. The molecule has 2 rings (SSSR count). The normalized spacial score (nSPS) is 10.5. The second-order valence-corrected chi connectivity index (χ2v) is 4.99. The molecule has 0 saturated carbocycles. The van der Waals surface area contributed by atoms with Gasteiger partial charge in [0, 0.05) is 12.0 Å². The second kappa shape index (κ2) is 5.54. The summed E-state index contributed by atoms with van der Waals surface area (Å²) in [5.74, 6) is -0.425. The maximum Gasteiger partial charge on any atom is 0.168 e. The van der Waals surface area contributed by atoms with Gasteiger partial charge in [-0.25, -0.2) is 4.39 Å². The molecule has 98 valence electrons. The molecule has 0 aliphatic carbocycles. The van der Waals surface area contributed by atoms with Crippen LogP contribution in [0.25, 0.3) is 0 Å². The lowest BCUT2D eigenvalue weighted by Gasteiger charge is -2.08. The molecule has 0 saturated heterocycles. The molecule has 0 N–H and O–H groups in total. The fourth-order valence-corrected chi connectivity index (χ4v) is 2.19. The van der Waals surface area contributed by atoms with Crippen LogP contribution in [0.5, 0.6) is 0 Å². The number of aryl methyl sites for hydroxylation is 2. The average Bonchev–Trinajstić information content (AvgIpc) is 2.37. The van der Waals surface area contributed by atoms with Gasteiger partial charge < -0.3 is 0 Å². The van der Waals surface area contributed by atoms with Crippen molar-refractivity contribution in [3.63, 3.8) is 0 Å². The van der Waals surface area contributed by atoms with Crippen molar-refractivity contribution >= 4 is 17.4 Å². The van der Waals surface area contributed by atoms with Crippen LogP contribution >= 0.6 is 11.6 Å². The van der Waals surface area contributed by atoms with E-state index in [2.05, 4.69) is 0 Å². The van der Waals surface area contributed by atoms with Crippen LogP contribution < -0.4 is 0 Å². The summed E-state index contributed by atoms with van der Waals surface area (Å²) in [6.07, 6.45) is 0.159. The maximum absolute atomic E-state index is 13.2. The first-order valence-corrected chi connectivity index (χ1v) is 6.40. The third-order valence-corrected chi connectivity index (χ3v) is 3.66. The highest BCUT2D eigenvalue weighted by Crippen LogP contribution is 2.22. The van der Waals surface area contributed by atoms with Gasteiger partial charge in [0.2, 0.25) is 0 Å². The molecule has 0 fully saturated rings. The van der Waals surface area contributed by atoms with Gasteiger partial charge in [-0.2, -0.15) is 0 Å². The summed E-state index contributed by atoms with van der Waals surface area (Å²) in [4.78, 5) is 12.2. The molecular formula is C16H14ClFO. The first-order chi connectivity index (χ1) is 8.99. The van der Waals surface area contributed by atoms with Crippen LogP contribution in [0.2, 0.25) is 5.02 Å². The van der Waals surface area contributed by atoms with Gasteiger partial charge in [-0.15, -0.1) is 0 Å². The molecule has 0 bridgehead atoms. The lowest BCUT2D eigenvalue weighted by molar-refractivity contribution is 0.0993. The summed E-state index contributed by atoms with van der Waals surface area (Å²) in [6, 6.07) is 9.82. The van der Waals surface area contributed by atoms with E-state index in [1.807, 2.05) is 19.9 Å². The fourth-order valence-electron chi connectivity index (χ4n) is 1.96. The van der Waals surface area contributed by atoms with Crippen LogP contribution in [-0.2, 0) is 6.42 Å². The van der Waals surface area contributed by atoms with Crippen molar-refractivity contribution in [3.8, 4) is 0 Å². The lowest BCUT2D eigenvalue weighted by Crippen LogP contribution is -2.06. The zero-order chi connectivity index (χ0) is 14.0. The summed E-state index contributed by atoms with van der Waals surface area (Å²) in [6.45, 7) is 3.71. The van der Waals surface area contributed by atoms with Crippen molar-refractivity contribution < 1.29 is 9.18 Å². The number of hydrogen-bond donors (Lipinski definition) is 0. The summed E-state index contributed by atoms with van der Waals surface area (Å²) in [5.41, 5.74) is 2.95. The van der Waals surface area contributed by atoms with Crippen molar-refractivity contribution in [2.24, 2.45) is 0 Å². The smallest absolute Gasteiger partial charge is 0.168 e. The van der Waals surface area contributed by atoms with Gasteiger partial charge >= 0.3 is 0 Å². The first-order valence-electron chi connectivity index (χ1n) is 6.02. The van der Waals surface area contributed by atoms with E-state index in [4.69, 9.17) is 11.6 Å². The molecule has 0 aliphatic rings. The molecule has 0 radical (unpaired) electrons. The zero-order valence-corrected chi connectivity index (χ0v) is 11.6. The molecule has 2 aromatic carbocycles. The number of rotatable bonds is 3. The minimum atomic E-state index is -0.330. The highest BCUT2D eigenvalue weighted by molar-refractivity contribution is 6.34. The molecule has 0 unspecified atom stereocenters. The van der Waals surface area contributed by atoms with E-state index in [1.54, 1.807) is 18.2 Å². The van der Waals surface area contributed by atoms with Crippen LogP contribution in [0.15, 0.2) is 36.4 Å². The summed E-state index contributed by atoms with van der Waals surface area (Å²) >= 11 is 6.13. The molecular weight excluding hydrogens is 263 g/mol. The maximum atomic E-state index is 13.2. The molecule has 0 aliphatic heterocycles. The van der Waals surface area contributed by atoms with E-state index in [-0.39, 0.29) is 18.0 Å². The predicted molar refractivity (Wildman–Crippen MR) is 75.4 cm³/mol. The lowest BCUT2D eigenvalue weighted by atomic mass is 9.98. The Bertz CT molecular complexity index is 635. The highest BCUT2D eigenvalue weighted by Gasteiger charge is 2.13. The molecule has 0 atom stereocenters. The number of carbonyl (C=O) groups is 1. The molecule has 0 heterocycles. The van der Waals surface area contributed by atoms with E-state index in [1.165, 1.54) is 12.1 Å². The van der Waals surface area contributed by atoms with Crippen LogP contribution in [0, 0.1) is 19.7 Å². The average molecular weight is 277 g/mol. The molecule has 19 heavy (non-hydrogen) atoms. The van der Waals surface area contributed by atoms with Gasteiger partial charge in [-0.05, 0) is 48.7 Å². The quantitative estimate of drug-likeness (QED) is 0.753. The Balaban J connectivity index is 2.31. The van der Waals surface area contributed by atoms with E-state index in [0.29, 0.717) is 16.1 Å². The minimum Gasteiger partial charge on any atom is -0.294 e. The number of carbonyl (C=O) groups excluding carboxylic acids is 1. The van der Waals surface area contributed by atoms with Crippen LogP contribution in [-0.4, -0.2) is 5.78 Å². The SMILES string of the molecule is Cc1ccc(F)cc1CC(=O)c1cccc(C)c1Cl. The Labute approximate surface area is 117 Å². The molecule has 1 nitrogen and oxygen atoms in total. The Morgan fingerprint density at radius 2 is 1.89 bits per heavy atom. The van der Waals surface area contributed by atoms with Gasteiger partial charge in [0.1, 0.15) is 5.82 Å². The van der Waals surface area contributed by atoms with Gasteiger partial charge in [-0.1, -0.05) is 29.8 Å². The Hall–Kier alpha value is -1.67. The predicted octanol–water partition coefficient (Wildman–Crippen LogP) is 4.52. The molecule has 3 heteroatoms. The van der Waals surface area contributed by atoms with Gasteiger partial charge in [-0.3, -0.25) is 4.79 Å². The van der Waals surface area contributed by atoms with Gasteiger partial charge in [0.25, 0.3) is 0 Å². The van der Waals surface area contributed by atoms with Crippen molar-refractivity contribution in [3.05, 3.63) is 69.5 Å². The number of Topliss-reactive ketones (excluding diaryl/α,β-unsaturated/α-hetero) is 1. The van der Waals surface area contributed by atoms with Crippen molar-refractivity contribution in [1.82, 2.24) is 0 Å². The van der Waals surface area contributed by atoms with Crippen LogP contribution in [0.3, 0.4) is 0 Å². The summed E-state index contributed by atoms with van der Waals surface area (Å²) in [7, 11) is 0. The number of ketones is 1. The van der Waals surface area contributed by atoms with Gasteiger partial charge in [0.15, 0.2) is 5.78 Å². The molecule has 0 amide bonds. The second-order valence-electron chi connectivity index (χ2n) is 4.61.